The van der Waals surface area contributed by atoms with Gasteiger partial charge in [0.2, 0.25) is 0 Å². The zero-order valence-electron chi connectivity index (χ0n) is 12.7. The standard InChI is InChI=1S/C20H12N4/c21-12-14-6-7-17-11-18(9-8-16(17)10-14)20-23-13-22-19(24-20)15-4-2-1-3-5-15/h1-11,13H. The Labute approximate surface area is 139 Å². The van der Waals surface area contributed by atoms with Crippen molar-refractivity contribution in [1.82, 2.24) is 15.0 Å². The number of nitrogens with zero attached hydrogens (tertiary/aromatic N) is 4. The van der Waals surface area contributed by atoms with Crippen molar-refractivity contribution in [1.29, 1.82) is 5.26 Å². The molecular formula is C20H12N4. The zero-order chi connectivity index (χ0) is 16.4. The number of benzene rings is 3. The van der Waals surface area contributed by atoms with E-state index in [0.717, 1.165) is 21.9 Å². The number of rotatable bonds is 2. The highest BCUT2D eigenvalue weighted by molar-refractivity contribution is 5.87. The summed E-state index contributed by atoms with van der Waals surface area (Å²) in [5, 5.41) is 11.1. The van der Waals surface area contributed by atoms with Crippen LogP contribution >= 0.6 is 0 Å². The summed E-state index contributed by atoms with van der Waals surface area (Å²) in [6.45, 7) is 0. The number of aromatic nitrogens is 3. The number of hydrogen-bond donors (Lipinski definition) is 0. The molecule has 4 nitrogen and oxygen atoms in total. The van der Waals surface area contributed by atoms with Gasteiger partial charge in [-0.25, -0.2) is 15.0 Å². The van der Waals surface area contributed by atoms with E-state index in [1.54, 1.807) is 0 Å². The Morgan fingerprint density at radius 3 is 2.21 bits per heavy atom. The van der Waals surface area contributed by atoms with E-state index in [4.69, 9.17) is 5.26 Å². The van der Waals surface area contributed by atoms with Crippen LogP contribution in [0.3, 0.4) is 0 Å². The Hall–Kier alpha value is -3.58. The minimum atomic E-state index is 0.634. The maximum atomic E-state index is 8.99. The van der Waals surface area contributed by atoms with Crippen molar-refractivity contribution in [3.63, 3.8) is 0 Å². The highest BCUT2D eigenvalue weighted by Crippen LogP contribution is 2.24. The molecule has 0 saturated carbocycles. The van der Waals surface area contributed by atoms with Crippen LogP contribution in [0.2, 0.25) is 0 Å². The van der Waals surface area contributed by atoms with E-state index in [9.17, 15) is 0 Å². The molecule has 3 aromatic carbocycles. The number of nitriles is 1. The van der Waals surface area contributed by atoms with Gasteiger partial charge in [-0.05, 0) is 29.0 Å². The van der Waals surface area contributed by atoms with Gasteiger partial charge in [0.15, 0.2) is 11.6 Å². The molecule has 0 unspecified atom stereocenters. The van der Waals surface area contributed by atoms with E-state index < -0.39 is 0 Å². The molecule has 0 amide bonds. The largest absolute Gasteiger partial charge is 0.217 e. The molecule has 24 heavy (non-hydrogen) atoms. The maximum Gasteiger partial charge on any atom is 0.163 e. The Morgan fingerprint density at radius 1 is 0.708 bits per heavy atom. The van der Waals surface area contributed by atoms with Crippen LogP contribution in [-0.4, -0.2) is 15.0 Å². The minimum absolute atomic E-state index is 0.634. The van der Waals surface area contributed by atoms with Crippen LogP contribution in [0.1, 0.15) is 5.56 Å². The first kappa shape index (κ1) is 14.0. The van der Waals surface area contributed by atoms with Crippen LogP contribution in [0.5, 0.6) is 0 Å². The summed E-state index contributed by atoms with van der Waals surface area (Å²) in [7, 11) is 0. The van der Waals surface area contributed by atoms with Crippen LogP contribution in [0.4, 0.5) is 0 Å². The van der Waals surface area contributed by atoms with Crippen LogP contribution in [-0.2, 0) is 0 Å². The fourth-order valence-electron chi connectivity index (χ4n) is 2.62. The quantitative estimate of drug-likeness (QED) is 0.556. The molecule has 1 aromatic heterocycles. The predicted molar refractivity (Wildman–Crippen MR) is 92.9 cm³/mol. The van der Waals surface area contributed by atoms with Crippen LogP contribution in [0, 0.1) is 11.3 Å². The Kier molecular flexibility index (Phi) is 3.45. The van der Waals surface area contributed by atoms with E-state index in [1.807, 2.05) is 66.7 Å². The number of hydrogen-bond acceptors (Lipinski definition) is 4. The summed E-state index contributed by atoms with van der Waals surface area (Å²) in [5.74, 6) is 1.29. The molecule has 4 rings (SSSR count). The second kappa shape index (κ2) is 5.90. The fraction of sp³-hybridized carbons (Fsp3) is 0. The summed E-state index contributed by atoms with van der Waals surface area (Å²) < 4.78 is 0. The molecule has 0 aliphatic carbocycles. The summed E-state index contributed by atoms with van der Waals surface area (Å²) in [6, 6.07) is 23.6. The second-order valence-corrected chi connectivity index (χ2v) is 5.39. The second-order valence-electron chi connectivity index (χ2n) is 5.39. The average Bonchev–Trinajstić information content (AvgIpc) is 2.68. The Bertz CT molecular complexity index is 1070. The van der Waals surface area contributed by atoms with Gasteiger partial charge < -0.3 is 0 Å². The molecule has 0 atom stereocenters. The molecule has 0 saturated heterocycles. The van der Waals surface area contributed by atoms with Gasteiger partial charge in [0.25, 0.3) is 0 Å². The summed E-state index contributed by atoms with van der Waals surface area (Å²) >= 11 is 0. The van der Waals surface area contributed by atoms with Crippen molar-refractivity contribution >= 4 is 10.8 Å². The van der Waals surface area contributed by atoms with Crippen LogP contribution in [0.15, 0.2) is 73.1 Å². The fourth-order valence-corrected chi connectivity index (χ4v) is 2.62. The molecule has 1 heterocycles. The lowest BCUT2D eigenvalue weighted by molar-refractivity contribution is 1.07. The third kappa shape index (κ3) is 2.59. The molecule has 0 bridgehead atoms. The lowest BCUT2D eigenvalue weighted by Crippen LogP contribution is -1.95. The topological polar surface area (TPSA) is 62.5 Å². The zero-order valence-corrected chi connectivity index (χ0v) is 12.7. The average molecular weight is 308 g/mol. The van der Waals surface area contributed by atoms with Gasteiger partial charge in [-0.1, -0.05) is 48.5 Å². The highest BCUT2D eigenvalue weighted by Gasteiger charge is 2.07. The first-order valence-corrected chi connectivity index (χ1v) is 7.52. The maximum absolute atomic E-state index is 8.99. The van der Waals surface area contributed by atoms with E-state index in [-0.39, 0.29) is 0 Å². The lowest BCUT2D eigenvalue weighted by Gasteiger charge is -2.05. The molecule has 0 spiro atoms. The van der Waals surface area contributed by atoms with Crippen LogP contribution < -0.4 is 0 Å². The van der Waals surface area contributed by atoms with Gasteiger partial charge in [0.05, 0.1) is 11.6 Å². The minimum Gasteiger partial charge on any atom is -0.217 e. The molecule has 0 N–H and O–H groups in total. The predicted octanol–water partition coefficient (Wildman–Crippen LogP) is 4.23. The first-order valence-electron chi connectivity index (χ1n) is 7.52. The van der Waals surface area contributed by atoms with Gasteiger partial charge >= 0.3 is 0 Å². The molecule has 0 fully saturated rings. The SMILES string of the molecule is N#Cc1ccc2cc(-c3ncnc(-c4ccccc4)n3)ccc2c1. The van der Waals surface area contributed by atoms with Crippen molar-refractivity contribution < 1.29 is 0 Å². The summed E-state index contributed by atoms with van der Waals surface area (Å²) in [4.78, 5) is 13.1. The monoisotopic (exact) mass is 308 g/mol. The van der Waals surface area contributed by atoms with Gasteiger partial charge in [0, 0.05) is 11.1 Å². The highest BCUT2D eigenvalue weighted by atomic mass is 15.0. The van der Waals surface area contributed by atoms with E-state index in [1.165, 1.54) is 6.33 Å². The third-order valence-electron chi connectivity index (χ3n) is 3.83. The molecule has 0 aliphatic rings. The third-order valence-corrected chi connectivity index (χ3v) is 3.83. The van der Waals surface area contributed by atoms with Gasteiger partial charge in [-0.15, -0.1) is 0 Å². The van der Waals surface area contributed by atoms with Gasteiger partial charge in [0.1, 0.15) is 6.33 Å². The summed E-state index contributed by atoms with van der Waals surface area (Å²) in [5.41, 5.74) is 2.54. The Balaban J connectivity index is 1.79. The van der Waals surface area contributed by atoms with E-state index >= 15 is 0 Å². The molecule has 0 radical (unpaired) electrons. The van der Waals surface area contributed by atoms with Crippen LogP contribution in [0.25, 0.3) is 33.5 Å². The molecule has 4 heteroatoms. The smallest absolute Gasteiger partial charge is 0.163 e. The molecule has 4 aromatic rings. The van der Waals surface area contributed by atoms with E-state index in [0.29, 0.717) is 17.2 Å². The Morgan fingerprint density at radius 2 is 1.42 bits per heavy atom. The van der Waals surface area contributed by atoms with Crippen molar-refractivity contribution in [2.24, 2.45) is 0 Å². The summed E-state index contributed by atoms with van der Waals surface area (Å²) in [6.07, 6.45) is 1.54. The van der Waals surface area contributed by atoms with Crippen molar-refractivity contribution in [3.8, 4) is 28.8 Å². The number of fused-ring (bicyclic) bond motifs is 1. The van der Waals surface area contributed by atoms with Gasteiger partial charge in [-0.2, -0.15) is 5.26 Å². The van der Waals surface area contributed by atoms with Crippen molar-refractivity contribution in [2.45, 2.75) is 0 Å². The van der Waals surface area contributed by atoms with E-state index in [2.05, 4.69) is 21.0 Å². The first-order chi connectivity index (χ1) is 11.8. The normalized spacial score (nSPS) is 10.5. The van der Waals surface area contributed by atoms with Crippen molar-refractivity contribution in [2.75, 3.05) is 0 Å². The molecular weight excluding hydrogens is 296 g/mol. The van der Waals surface area contributed by atoms with Crippen molar-refractivity contribution in [3.05, 3.63) is 78.6 Å². The molecule has 0 aliphatic heterocycles. The lowest BCUT2D eigenvalue weighted by atomic mass is 10.0. The molecule has 112 valence electrons. The van der Waals surface area contributed by atoms with Gasteiger partial charge in [-0.3, -0.25) is 0 Å².